The molecule has 3 unspecified atom stereocenters. The molecule has 3 rings (SSSR count). The average Bonchev–Trinajstić information content (AvgIpc) is 2.89. The largest absolute Gasteiger partial charge is 0.480 e. The Balaban J connectivity index is 1.93. The van der Waals surface area contributed by atoms with E-state index in [0.29, 0.717) is 12.0 Å². The van der Waals surface area contributed by atoms with E-state index in [9.17, 15) is 19.1 Å². The zero-order chi connectivity index (χ0) is 15.9. The van der Waals surface area contributed by atoms with Crippen LogP contribution in [-0.2, 0) is 4.79 Å². The number of nitrogens with zero attached hydrogens (tertiary/aromatic N) is 1. The Morgan fingerprint density at radius 2 is 2.00 bits per heavy atom. The number of benzene rings is 1. The average molecular weight is 305 g/mol. The summed E-state index contributed by atoms with van der Waals surface area (Å²) in [5, 5.41) is 9.46. The van der Waals surface area contributed by atoms with Gasteiger partial charge < -0.3 is 10.0 Å². The zero-order valence-corrected chi connectivity index (χ0v) is 12.6. The molecule has 1 aliphatic heterocycles. The van der Waals surface area contributed by atoms with Crippen LogP contribution in [0.25, 0.3) is 0 Å². The molecule has 1 heterocycles. The fourth-order valence-electron chi connectivity index (χ4n) is 3.85. The topological polar surface area (TPSA) is 57.6 Å². The minimum Gasteiger partial charge on any atom is -0.480 e. The minimum atomic E-state index is -0.963. The van der Waals surface area contributed by atoms with Gasteiger partial charge in [0.25, 0.3) is 5.91 Å². The monoisotopic (exact) mass is 305 g/mol. The molecule has 0 spiro atoms. The van der Waals surface area contributed by atoms with Crippen molar-refractivity contribution in [3.05, 3.63) is 35.1 Å². The summed E-state index contributed by atoms with van der Waals surface area (Å²) < 4.78 is 13.7. The van der Waals surface area contributed by atoms with E-state index in [1.165, 1.54) is 11.0 Å². The van der Waals surface area contributed by atoms with Gasteiger partial charge in [0.2, 0.25) is 0 Å². The van der Waals surface area contributed by atoms with Gasteiger partial charge in [-0.25, -0.2) is 9.18 Å². The van der Waals surface area contributed by atoms with Crippen molar-refractivity contribution in [3.63, 3.8) is 0 Å². The first-order valence-electron chi connectivity index (χ1n) is 7.80. The molecule has 3 atom stereocenters. The van der Waals surface area contributed by atoms with Gasteiger partial charge in [-0.1, -0.05) is 18.9 Å². The SMILES string of the molecule is Cc1ccc(C(=O)N2C(C(=O)O)CC3CCCCC32)cc1F. The lowest BCUT2D eigenvalue weighted by Gasteiger charge is -2.33. The molecule has 1 aromatic carbocycles. The highest BCUT2D eigenvalue weighted by Gasteiger charge is 2.47. The van der Waals surface area contributed by atoms with Crippen LogP contribution in [0.4, 0.5) is 4.39 Å². The molecule has 0 radical (unpaired) electrons. The van der Waals surface area contributed by atoms with Gasteiger partial charge in [0.15, 0.2) is 0 Å². The number of fused-ring (bicyclic) bond motifs is 1. The van der Waals surface area contributed by atoms with E-state index in [2.05, 4.69) is 0 Å². The van der Waals surface area contributed by atoms with E-state index in [1.54, 1.807) is 19.1 Å². The van der Waals surface area contributed by atoms with Gasteiger partial charge in [-0.3, -0.25) is 4.79 Å². The lowest BCUT2D eigenvalue weighted by molar-refractivity contribution is -0.141. The van der Waals surface area contributed by atoms with Crippen molar-refractivity contribution in [2.45, 2.75) is 51.1 Å². The minimum absolute atomic E-state index is 0.0216. The van der Waals surface area contributed by atoms with Crippen LogP contribution >= 0.6 is 0 Å². The van der Waals surface area contributed by atoms with Gasteiger partial charge in [-0.15, -0.1) is 0 Å². The maximum atomic E-state index is 13.7. The van der Waals surface area contributed by atoms with E-state index in [1.807, 2.05) is 0 Å². The molecule has 118 valence electrons. The second kappa shape index (κ2) is 5.71. The van der Waals surface area contributed by atoms with E-state index >= 15 is 0 Å². The number of aryl methyl sites for hydroxylation is 1. The molecule has 1 aliphatic carbocycles. The van der Waals surface area contributed by atoms with Crippen LogP contribution in [0.5, 0.6) is 0 Å². The number of hydrogen-bond acceptors (Lipinski definition) is 2. The number of amides is 1. The summed E-state index contributed by atoms with van der Waals surface area (Å²) in [4.78, 5) is 25.8. The third kappa shape index (κ3) is 2.49. The second-order valence-electron chi connectivity index (χ2n) is 6.38. The first-order chi connectivity index (χ1) is 10.5. The molecule has 1 saturated heterocycles. The molecule has 1 N–H and O–H groups in total. The number of carboxylic acids is 1. The lowest BCUT2D eigenvalue weighted by Crippen LogP contribution is -2.46. The number of carbonyl (C=O) groups is 2. The second-order valence-corrected chi connectivity index (χ2v) is 6.38. The number of halogens is 1. The number of carboxylic acid groups (broad SMARTS) is 1. The molecule has 2 fully saturated rings. The van der Waals surface area contributed by atoms with Crippen LogP contribution in [0.3, 0.4) is 0 Å². The van der Waals surface area contributed by atoms with Crippen LogP contribution in [0, 0.1) is 18.7 Å². The van der Waals surface area contributed by atoms with Crippen molar-refractivity contribution < 1.29 is 19.1 Å². The Morgan fingerprint density at radius 1 is 1.27 bits per heavy atom. The Hall–Kier alpha value is -1.91. The predicted molar refractivity (Wildman–Crippen MR) is 79.1 cm³/mol. The number of carbonyl (C=O) groups excluding carboxylic acids is 1. The lowest BCUT2D eigenvalue weighted by atomic mass is 9.84. The van der Waals surface area contributed by atoms with Gasteiger partial charge in [0, 0.05) is 11.6 Å². The predicted octanol–water partition coefficient (Wildman–Crippen LogP) is 2.99. The summed E-state index contributed by atoms with van der Waals surface area (Å²) in [5.41, 5.74) is 0.712. The van der Waals surface area contributed by atoms with Crippen molar-refractivity contribution >= 4 is 11.9 Å². The Kier molecular flexibility index (Phi) is 3.89. The van der Waals surface area contributed by atoms with Crippen molar-refractivity contribution in [2.75, 3.05) is 0 Å². The number of aliphatic carboxylic acids is 1. The third-order valence-corrected chi connectivity index (χ3v) is 5.03. The summed E-state index contributed by atoms with van der Waals surface area (Å²) in [6, 6.07) is 3.55. The van der Waals surface area contributed by atoms with Crippen LogP contribution in [0.2, 0.25) is 0 Å². The van der Waals surface area contributed by atoms with Gasteiger partial charge in [0.05, 0.1) is 0 Å². The molecular weight excluding hydrogens is 285 g/mol. The van der Waals surface area contributed by atoms with Crippen molar-refractivity contribution in [1.29, 1.82) is 0 Å². The summed E-state index contributed by atoms with van der Waals surface area (Å²) >= 11 is 0. The van der Waals surface area contributed by atoms with Gasteiger partial charge in [-0.2, -0.15) is 0 Å². The number of likely N-dealkylation sites (tertiary alicyclic amines) is 1. The molecule has 1 aromatic rings. The van der Waals surface area contributed by atoms with Crippen molar-refractivity contribution in [2.24, 2.45) is 5.92 Å². The van der Waals surface area contributed by atoms with E-state index in [0.717, 1.165) is 25.7 Å². The molecule has 22 heavy (non-hydrogen) atoms. The summed E-state index contributed by atoms with van der Waals surface area (Å²) in [7, 11) is 0. The van der Waals surface area contributed by atoms with Gasteiger partial charge >= 0.3 is 5.97 Å². The highest BCUT2D eigenvalue weighted by Crippen LogP contribution is 2.40. The number of hydrogen-bond donors (Lipinski definition) is 1. The van der Waals surface area contributed by atoms with E-state index < -0.39 is 17.8 Å². The molecule has 4 nitrogen and oxygen atoms in total. The fourth-order valence-corrected chi connectivity index (χ4v) is 3.85. The molecule has 5 heteroatoms. The van der Waals surface area contributed by atoms with E-state index in [-0.39, 0.29) is 23.4 Å². The van der Waals surface area contributed by atoms with Crippen LogP contribution < -0.4 is 0 Å². The highest BCUT2D eigenvalue weighted by molar-refractivity contribution is 5.97. The molecule has 2 aliphatic rings. The smallest absolute Gasteiger partial charge is 0.326 e. The summed E-state index contributed by atoms with van der Waals surface area (Å²) in [6.07, 6.45) is 4.43. The van der Waals surface area contributed by atoms with Crippen LogP contribution in [0.1, 0.15) is 48.0 Å². The van der Waals surface area contributed by atoms with Crippen LogP contribution in [-0.4, -0.2) is 34.0 Å². The highest BCUT2D eigenvalue weighted by atomic mass is 19.1. The van der Waals surface area contributed by atoms with Gasteiger partial charge in [0.1, 0.15) is 11.9 Å². The summed E-state index contributed by atoms with van der Waals surface area (Å²) in [5.74, 6) is -1.50. The zero-order valence-electron chi connectivity index (χ0n) is 12.6. The fraction of sp³-hybridized carbons (Fsp3) is 0.529. The van der Waals surface area contributed by atoms with Gasteiger partial charge in [-0.05, 0) is 49.8 Å². The van der Waals surface area contributed by atoms with Crippen LogP contribution in [0.15, 0.2) is 18.2 Å². The molecule has 1 saturated carbocycles. The standard InChI is InChI=1S/C17H20FNO3/c1-10-6-7-12(8-13(10)18)16(20)19-14-5-3-2-4-11(14)9-15(19)17(21)22/h6-8,11,14-15H,2-5,9H2,1H3,(H,21,22). The Bertz CT molecular complexity index is 616. The number of rotatable bonds is 2. The van der Waals surface area contributed by atoms with E-state index in [4.69, 9.17) is 0 Å². The molecule has 0 bridgehead atoms. The van der Waals surface area contributed by atoms with Crippen molar-refractivity contribution in [3.8, 4) is 0 Å². The Morgan fingerprint density at radius 3 is 2.68 bits per heavy atom. The van der Waals surface area contributed by atoms with Crippen molar-refractivity contribution in [1.82, 2.24) is 4.90 Å². The molecular formula is C17H20FNO3. The molecule has 1 amide bonds. The third-order valence-electron chi connectivity index (χ3n) is 5.03. The quantitative estimate of drug-likeness (QED) is 0.914. The molecule has 0 aromatic heterocycles. The summed E-state index contributed by atoms with van der Waals surface area (Å²) in [6.45, 7) is 1.64. The Labute approximate surface area is 128 Å². The normalized spacial score (nSPS) is 27.5. The maximum Gasteiger partial charge on any atom is 0.326 e. The first kappa shape index (κ1) is 15.0. The maximum absolute atomic E-state index is 13.7. The first-order valence-corrected chi connectivity index (χ1v) is 7.80.